The third-order valence-electron chi connectivity index (χ3n) is 2.19. The lowest BCUT2D eigenvalue weighted by atomic mass is 10.3. The van der Waals surface area contributed by atoms with Crippen molar-refractivity contribution < 1.29 is 4.57 Å². The minimum atomic E-state index is 0.960. The molecule has 0 radical (unpaired) electrons. The van der Waals surface area contributed by atoms with E-state index >= 15 is 0 Å². The second-order valence-electron chi connectivity index (χ2n) is 3.48. The molecular formula is C12H14N3+. The number of hydrogen-bond donors (Lipinski definition) is 0. The zero-order valence-corrected chi connectivity index (χ0v) is 8.96. The lowest BCUT2D eigenvalue weighted by molar-refractivity contribution is -0.670. The fraction of sp³-hybridized carbons (Fsp3) is 0.167. The van der Waals surface area contributed by atoms with E-state index in [0.29, 0.717) is 0 Å². The number of para-hydroxylation sites is 1. The number of aryl methyl sites for hydroxylation is 1. The summed E-state index contributed by atoms with van der Waals surface area (Å²) in [7, 11) is 1.99. The summed E-state index contributed by atoms with van der Waals surface area (Å²) in [6.07, 6.45) is 5.97. The summed E-state index contributed by atoms with van der Waals surface area (Å²) in [5.74, 6) is 0.960. The zero-order valence-electron chi connectivity index (χ0n) is 8.96. The van der Waals surface area contributed by atoms with Crippen molar-refractivity contribution in [3.8, 4) is 0 Å². The molecule has 0 N–H and O–H groups in total. The molecule has 1 aromatic carbocycles. The van der Waals surface area contributed by atoms with Crippen molar-refractivity contribution in [2.45, 2.75) is 6.92 Å². The molecule has 1 heterocycles. The molecule has 2 rings (SSSR count). The van der Waals surface area contributed by atoms with Gasteiger partial charge in [-0.05, 0) is 12.1 Å². The molecule has 0 spiro atoms. The SMILES string of the molecule is C/C(=N\c1ccccc1)n1cc[n+](C)c1. The monoisotopic (exact) mass is 200 g/mol. The van der Waals surface area contributed by atoms with Gasteiger partial charge < -0.3 is 0 Å². The van der Waals surface area contributed by atoms with Crippen molar-refractivity contribution in [3.05, 3.63) is 49.1 Å². The molecule has 15 heavy (non-hydrogen) atoms. The number of aliphatic imine (C=N–C) groups is 1. The Bertz CT molecular complexity index is 469. The Hall–Kier alpha value is -1.90. The molecule has 0 aliphatic rings. The van der Waals surface area contributed by atoms with Crippen LogP contribution in [-0.2, 0) is 7.05 Å². The van der Waals surface area contributed by atoms with E-state index in [9.17, 15) is 0 Å². The maximum absolute atomic E-state index is 4.51. The number of nitrogens with zero attached hydrogens (tertiary/aromatic N) is 3. The summed E-state index contributed by atoms with van der Waals surface area (Å²) in [6, 6.07) is 9.95. The van der Waals surface area contributed by atoms with E-state index in [1.807, 2.05) is 72.2 Å². The van der Waals surface area contributed by atoms with Gasteiger partial charge in [-0.3, -0.25) is 0 Å². The highest BCUT2D eigenvalue weighted by atomic mass is 15.1. The second kappa shape index (κ2) is 4.09. The third-order valence-corrected chi connectivity index (χ3v) is 2.19. The van der Waals surface area contributed by atoms with Gasteiger partial charge in [-0.25, -0.2) is 9.56 Å². The van der Waals surface area contributed by atoms with E-state index in [2.05, 4.69) is 4.99 Å². The Morgan fingerprint density at radius 3 is 2.60 bits per heavy atom. The van der Waals surface area contributed by atoms with Gasteiger partial charge in [-0.2, -0.15) is 4.57 Å². The van der Waals surface area contributed by atoms with Gasteiger partial charge >= 0.3 is 0 Å². The first-order chi connectivity index (χ1) is 7.25. The van der Waals surface area contributed by atoms with Gasteiger partial charge in [0.25, 0.3) is 0 Å². The van der Waals surface area contributed by atoms with E-state index < -0.39 is 0 Å². The smallest absolute Gasteiger partial charge is 0.239 e. The molecule has 2 aromatic rings. The standard InChI is InChI=1S/C12H14N3/c1-11(15-9-8-14(2)10-15)13-12-6-4-3-5-7-12/h3-10H,1-2H3/q+1/b13-11+. The molecule has 3 heteroatoms. The predicted molar refractivity (Wildman–Crippen MR) is 60.2 cm³/mol. The average molecular weight is 200 g/mol. The molecule has 3 nitrogen and oxygen atoms in total. The highest BCUT2D eigenvalue weighted by molar-refractivity contribution is 5.84. The molecule has 0 unspecified atom stereocenters. The molecule has 0 aliphatic carbocycles. The van der Waals surface area contributed by atoms with Crippen LogP contribution in [0.4, 0.5) is 5.69 Å². The minimum Gasteiger partial charge on any atom is -0.239 e. The van der Waals surface area contributed by atoms with Crippen LogP contribution in [0.3, 0.4) is 0 Å². The van der Waals surface area contributed by atoms with Crippen LogP contribution < -0.4 is 4.57 Å². The number of hydrogen-bond acceptors (Lipinski definition) is 1. The second-order valence-corrected chi connectivity index (χ2v) is 3.48. The molecule has 0 saturated carbocycles. The maximum Gasteiger partial charge on any atom is 0.249 e. The molecule has 0 amide bonds. The van der Waals surface area contributed by atoms with Gasteiger partial charge in [0.15, 0.2) is 5.84 Å². The van der Waals surface area contributed by atoms with E-state index in [0.717, 1.165) is 11.5 Å². The van der Waals surface area contributed by atoms with Crippen LogP contribution in [0.2, 0.25) is 0 Å². The van der Waals surface area contributed by atoms with Gasteiger partial charge in [0.1, 0.15) is 12.4 Å². The van der Waals surface area contributed by atoms with Gasteiger partial charge in [0.05, 0.1) is 12.7 Å². The van der Waals surface area contributed by atoms with Crippen LogP contribution >= 0.6 is 0 Å². The molecule has 76 valence electrons. The van der Waals surface area contributed by atoms with Gasteiger partial charge in [0, 0.05) is 6.92 Å². The highest BCUT2D eigenvalue weighted by Gasteiger charge is 2.03. The Labute approximate surface area is 89.3 Å². The van der Waals surface area contributed by atoms with Gasteiger partial charge in [-0.15, -0.1) is 0 Å². The number of benzene rings is 1. The van der Waals surface area contributed by atoms with Crippen LogP contribution in [0.15, 0.2) is 54.0 Å². The van der Waals surface area contributed by atoms with Crippen molar-refractivity contribution in [1.29, 1.82) is 0 Å². The van der Waals surface area contributed by atoms with Crippen LogP contribution in [0.25, 0.3) is 0 Å². The van der Waals surface area contributed by atoms with Crippen molar-refractivity contribution in [2.24, 2.45) is 12.0 Å². The Morgan fingerprint density at radius 1 is 1.27 bits per heavy atom. The number of aromatic nitrogens is 2. The first kappa shape index (κ1) is 9.65. The molecule has 0 fully saturated rings. The van der Waals surface area contributed by atoms with E-state index in [-0.39, 0.29) is 0 Å². The summed E-state index contributed by atoms with van der Waals surface area (Å²) < 4.78 is 3.98. The average Bonchev–Trinajstić information content (AvgIpc) is 2.66. The highest BCUT2D eigenvalue weighted by Crippen LogP contribution is 2.10. The topological polar surface area (TPSA) is 21.2 Å². The Kier molecular flexibility index (Phi) is 2.63. The van der Waals surface area contributed by atoms with Crippen molar-refractivity contribution in [2.75, 3.05) is 0 Å². The van der Waals surface area contributed by atoms with Gasteiger partial charge in [0.2, 0.25) is 6.33 Å². The van der Waals surface area contributed by atoms with E-state index in [1.54, 1.807) is 0 Å². The van der Waals surface area contributed by atoms with Crippen LogP contribution in [0, 0.1) is 0 Å². The van der Waals surface area contributed by atoms with Gasteiger partial charge in [-0.1, -0.05) is 18.2 Å². The number of rotatable bonds is 1. The van der Waals surface area contributed by atoms with E-state index in [4.69, 9.17) is 0 Å². The molecule has 0 aliphatic heterocycles. The summed E-state index contributed by atoms with van der Waals surface area (Å²) in [6.45, 7) is 1.99. The minimum absolute atomic E-state index is 0.960. The lowest BCUT2D eigenvalue weighted by Crippen LogP contribution is -2.24. The summed E-state index contributed by atoms with van der Waals surface area (Å²) in [5, 5.41) is 0. The normalized spacial score (nSPS) is 11.7. The molecular weight excluding hydrogens is 186 g/mol. The predicted octanol–water partition coefficient (Wildman–Crippen LogP) is 1.91. The lowest BCUT2D eigenvalue weighted by Gasteiger charge is -1.95. The van der Waals surface area contributed by atoms with Crippen molar-refractivity contribution in [3.63, 3.8) is 0 Å². The van der Waals surface area contributed by atoms with Crippen molar-refractivity contribution >= 4 is 11.5 Å². The first-order valence-electron chi connectivity index (χ1n) is 4.89. The molecule has 1 aromatic heterocycles. The third kappa shape index (κ3) is 2.31. The summed E-state index contributed by atoms with van der Waals surface area (Å²) in [5.41, 5.74) is 0.978. The largest absolute Gasteiger partial charge is 0.249 e. The zero-order chi connectivity index (χ0) is 10.7. The molecule has 0 saturated heterocycles. The van der Waals surface area contributed by atoms with Crippen LogP contribution in [0.1, 0.15) is 6.92 Å². The quantitative estimate of drug-likeness (QED) is 0.381. The number of imidazole rings is 1. The van der Waals surface area contributed by atoms with E-state index in [1.165, 1.54) is 0 Å². The fourth-order valence-electron chi connectivity index (χ4n) is 1.39. The Balaban J connectivity index is 2.28. The summed E-state index contributed by atoms with van der Waals surface area (Å²) >= 11 is 0. The molecule has 0 atom stereocenters. The summed E-state index contributed by atoms with van der Waals surface area (Å²) in [4.78, 5) is 4.51. The molecule has 0 bridgehead atoms. The first-order valence-corrected chi connectivity index (χ1v) is 4.89. The van der Waals surface area contributed by atoms with Crippen molar-refractivity contribution in [1.82, 2.24) is 4.57 Å². The maximum atomic E-state index is 4.51. The van der Waals surface area contributed by atoms with Crippen LogP contribution in [-0.4, -0.2) is 10.4 Å². The Morgan fingerprint density at radius 2 is 2.00 bits per heavy atom. The fourth-order valence-corrected chi connectivity index (χ4v) is 1.39. The van der Waals surface area contributed by atoms with Crippen LogP contribution in [0.5, 0.6) is 0 Å².